The molecular weight excluding hydrogens is 229 g/mol. The van der Waals surface area contributed by atoms with Gasteiger partial charge in [-0.3, -0.25) is 4.90 Å². The van der Waals surface area contributed by atoms with Crippen LogP contribution < -0.4 is 10.6 Å². The molecule has 1 aliphatic heterocycles. The summed E-state index contributed by atoms with van der Waals surface area (Å²) in [7, 11) is 0. The van der Waals surface area contributed by atoms with Crippen LogP contribution in [0.3, 0.4) is 0 Å². The predicted octanol–water partition coefficient (Wildman–Crippen LogP) is 0.863. The molecule has 0 bridgehead atoms. The largest absolute Gasteiger partial charge is 0.315 e. The second-order valence-electron chi connectivity index (χ2n) is 4.72. The van der Waals surface area contributed by atoms with Crippen molar-refractivity contribution in [1.82, 2.24) is 15.5 Å². The van der Waals surface area contributed by atoms with E-state index >= 15 is 0 Å². The highest BCUT2D eigenvalue weighted by Gasteiger charge is 2.07. The van der Waals surface area contributed by atoms with E-state index in [0.717, 1.165) is 57.8 Å². The van der Waals surface area contributed by atoms with E-state index in [9.17, 15) is 4.39 Å². The Hall–Kier alpha value is -0.970. The Morgan fingerprint density at radius 3 is 2.83 bits per heavy atom. The summed E-state index contributed by atoms with van der Waals surface area (Å²) in [6.07, 6.45) is 0.888. The average molecular weight is 251 g/mol. The molecule has 0 spiro atoms. The molecule has 0 amide bonds. The smallest absolute Gasteiger partial charge is 0.123 e. The van der Waals surface area contributed by atoms with E-state index in [4.69, 9.17) is 0 Å². The Morgan fingerprint density at radius 2 is 2.06 bits per heavy atom. The van der Waals surface area contributed by atoms with E-state index in [1.165, 1.54) is 6.07 Å². The van der Waals surface area contributed by atoms with Crippen LogP contribution >= 0.6 is 0 Å². The summed E-state index contributed by atoms with van der Waals surface area (Å²) >= 11 is 0. The highest BCUT2D eigenvalue weighted by Crippen LogP contribution is 2.03. The minimum Gasteiger partial charge on any atom is -0.315 e. The Morgan fingerprint density at radius 1 is 1.22 bits per heavy atom. The van der Waals surface area contributed by atoms with E-state index in [0.29, 0.717) is 0 Å². The summed E-state index contributed by atoms with van der Waals surface area (Å²) in [4.78, 5) is 2.46. The van der Waals surface area contributed by atoms with Crippen molar-refractivity contribution in [2.24, 2.45) is 0 Å². The molecule has 1 fully saturated rings. The number of nitrogens with zero attached hydrogens (tertiary/aromatic N) is 1. The van der Waals surface area contributed by atoms with E-state index in [2.05, 4.69) is 15.5 Å². The van der Waals surface area contributed by atoms with Gasteiger partial charge < -0.3 is 10.6 Å². The third-order valence-corrected chi connectivity index (χ3v) is 3.29. The number of benzene rings is 1. The van der Waals surface area contributed by atoms with Gasteiger partial charge in [-0.15, -0.1) is 0 Å². The molecule has 3 nitrogen and oxygen atoms in total. The van der Waals surface area contributed by atoms with Crippen molar-refractivity contribution in [3.05, 3.63) is 35.6 Å². The zero-order chi connectivity index (χ0) is 12.6. The summed E-state index contributed by atoms with van der Waals surface area (Å²) in [5, 5.41) is 6.76. The van der Waals surface area contributed by atoms with E-state index in [1.54, 1.807) is 12.1 Å². The molecule has 2 N–H and O–H groups in total. The molecule has 1 aliphatic rings. The summed E-state index contributed by atoms with van der Waals surface area (Å²) in [6.45, 7) is 7.51. The lowest BCUT2D eigenvalue weighted by Crippen LogP contribution is -2.45. The van der Waals surface area contributed by atoms with Gasteiger partial charge in [-0.2, -0.15) is 0 Å². The van der Waals surface area contributed by atoms with Gasteiger partial charge in [0.1, 0.15) is 5.82 Å². The molecule has 2 rings (SSSR count). The molecule has 0 atom stereocenters. The molecule has 100 valence electrons. The molecule has 0 unspecified atom stereocenters. The molecule has 18 heavy (non-hydrogen) atoms. The number of piperazine rings is 1. The van der Waals surface area contributed by atoms with Gasteiger partial charge in [0.05, 0.1) is 0 Å². The standard InChI is InChI=1S/C14H22FN3/c15-14-3-1-2-13(12-14)4-5-16-6-9-18-10-7-17-8-11-18/h1-3,12,16-17H,4-11H2. The molecule has 1 aromatic carbocycles. The summed E-state index contributed by atoms with van der Waals surface area (Å²) in [5.74, 6) is -0.145. The summed E-state index contributed by atoms with van der Waals surface area (Å²) in [5.41, 5.74) is 1.06. The zero-order valence-corrected chi connectivity index (χ0v) is 10.8. The average Bonchev–Trinajstić information content (AvgIpc) is 2.40. The van der Waals surface area contributed by atoms with Gasteiger partial charge >= 0.3 is 0 Å². The number of halogens is 1. The van der Waals surface area contributed by atoms with Crippen molar-refractivity contribution in [2.45, 2.75) is 6.42 Å². The first-order valence-corrected chi connectivity index (χ1v) is 6.73. The van der Waals surface area contributed by atoms with Crippen LogP contribution in [0.4, 0.5) is 4.39 Å². The topological polar surface area (TPSA) is 27.3 Å². The molecule has 0 aromatic heterocycles. The van der Waals surface area contributed by atoms with E-state index < -0.39 is 0 Å². The molecule has 0 radical (unpaired) electrons. The summed E-state index contributed by atoms with van der Waals surface area (Å²) < 4.78 is 13.0. The minimum absolute atomic E-state index is 0.145. The highest BCUT2D eigenvalue weighted by molar-refractivity contribution is 5.16. The monoisotopic (exact) mass is 251 g/mol. The van der Waals surface area contributed by atoms with E-state index in [-0.39, 0.29) is 5.82 Å². The fraction of sp³-hybridized carbons (Fsp3) is 0.571. The molecule has 0 aliphatic carbocycles. The van der Waals surface area contributed by atoms with Gasteiger partial charge in [-0.25, -0.2) is 4.39 Å². The van der Waals surface area contributed by atoms with Crippen molar-refractivity contribution in [1.29, 1.82) is 0 Å². The van der Waals surface area contributed by atoms with Crippen LogP contribution in [0.15, 0.2) is 24.3 Å². The first kappa shape index (κ1) is 13.5. The van der Waals surface area contributed by atoms with Gasteiger partial charge in [-0.1, -0.05) is 12.1 Å². The molecule has 1 aromatic rings. The Labute approximate surface area is 108 Å². The van der Waals surface area contributed by atoms with Gasteiger partial charge in [-0.05, 0) is 30.7 Å². The molecule has 1 heterocycles. The maximum absolute atomic E-state index is 13.0. The molecular formula is C14H22FN3. The fourth-order valence-electron chi connectivity index (χ4n) is 2.22. The third kappa shape index (κ3) is 4.72. The Balaban J connectivity index is 1.55. The maximum atomic E-state index is 13.0. The van der Waals surface area contributed by atoms with Crippen LogP contribution in [0.2, 0.25) is 0 Å². The SMILES string of the molecule is Fc1cccc(CCNCCN2CCNCC2)c1. The van der Waals surface area contributed by atoms with Crippen LogP contribution in [0.1, 0.15) is 5.56 Å². The molecule has 4 heteroatoms. The first-order chi connectivity index (χ1) is 8.84. The predicted molar refractivity (Wildman–Crippen MR) is 72.3 cm³/mol. The lowest BCUT2D eigenvalue weighted by atomic mass is 10.1. The second-order valence-corrected chi connectivity index (χ2v) is 4.72. The molecule has 0 saturated carbocycles. The third-order valence-electron chi connectivity index (χ3n) is 3.29. The maximum Gasteiger partial charge on any atom is 0.123 e. The quantitative estimate of drug-likeness (QED) is 0.735. The van der Waals surface area contributed by atoms with Crippen LogP contribution in [0, 0.1) is 5.82 Å². The number of hydrogen-bond acceptors (Lipinski definition) is 3. The lowest BCUT2D eigenvalue weighted by Gasteiger charge is -2.27. The van der Waals surface area contributed by atoms with E-state index in [1.807, 2.05) is 6.07 Å². The first-order valence-electron chi connectivity index (χ1n) is 6.73. The minimum atomic E-state index is -0.145. The second kappa shape index (κ2) is 7.46. The highest BCUT2D eigenvalue weighted by atomic mass is 19.1. The van der Waals surface area contributed by atoms with Crippen molar-refractivity contribution in [3.63, 3.8) is 0 Å². The van der Waals surface area contributed by atoms with Crippen LogP contribution in [0.5, 0.6) is 0 Å². The van der Waals surface area contributed by atoms with Crippen LogP contribution in [0.25, 0.3) is 0 Å². The normalized spacial score (nSPS) is 16.9. The van der Waals surface area contributed by atoms with Crippen molar-refractivity contribution >= 4 is 0 Å². The fourth-order valence-corrected chi connectivity index (χ4v) is 2.22. The Kier molecular flexibility index (Phi) is 5.58. The summed E-state index contributed by atoms with van der Waals surface area (Å²) in [6, 6.07) is 6.84. The van der Waals surface area contributed by atoms with Gasteiger partial charge in [0, 0.05) is 39.3 Å². The van der Waals surface area contributed by atoms with Crippen molar-refractivity contribution in [3.8, 4) is 0 Å². The van der Waals surface area contributed by atoms with Gasteiger partial charge in [0.2, 0.25) is 0 Å². The lowest BCUT2D eigenvalue weighted by molar-refractivity contribution is 0.241. The van der Waals surface area contributed by atoms with Gasteiger partial charge in [0.25, 0.3) is 0 Å². The molecule has 1 saturated heterocycles. The zero-order valence-electron chi connectivity index (χ0n) is 10.8. The number of nitrogens with one attached hydrogen (secondary N) is 2. The Bertz CT molecular complexity index is 351. The number of rotatable bonds is 6. The van der Waals surface area contributed by atoms with Crippen molar-refractivity contribution < 1.29 is 4.39 Å². The van der Waals surface area contributed by atoms with Crippen LogP contribution in [-0.2, 0) is 6.42 Å². The van der Waals surface area contributed by atoms with Crippen molar-refractivity contribution in [2.75, 3.05) is 45.8 Å². The van der Waals surface area contributed by atoms with Gasteiger partial charge in [0.15, 0.2) is 0 Å². The number of hydrogen-bond donors (Lipinski definition) is 2. The van der Waals surface area contributed by atoms with Crippen LogP contribution in [-0.4, -0.2) is 50.7 Å².